The van der Waals surface area contributed by atoms with Crippen LogP contribution in [0.25, 0.3) is 0 Å². The molecule has 4 unspecified atom stereocenters. The van der Waals surface area contributed by atoms with E-state index in [4.69, 9.17) is 5.84 Å². The van der Waals surface area contributed by atoms with Crippen LogP contribution in [0.2, 0.25) is 0 Å². The van der Waals surface area contributed by atoms with Crippen LogP contribution in [0.15, 0.2) is 23.4 Å². The van der Waals surface area contributed by atoms with E-state index in [-0.39, 0.29) is 11.1 Å². The zero-order valence-electron chi connectivity index (χ0n) is 11.0. The molecule has 0 spiro atoms. The van der Waals surface area contributed by atoms with Gasteiger partial charge in [-0.3, -0.25) is 5.84 Å². The summed E-state index contributed by atoms with van der Waals surface area (Å²) < 4.78 is 27.8. The van der Waals surface area contributed by atoms with Crippen LogP contribution < -0.4 is 16.0 Å². The van der Waals surface area contributed by atoms with Crippen molar-refractivity contribution in [2.75, 3.05) is 5.43 Å². The number of rotatable bonds is 4. The molecule has 6 nitrogen and oxygen atoms in total. The number of aromatic nitrogens is 1. The van der Waals surface area contributed by atoms with Crippen molar-refractivity contribution in [3.63, 3.8) is 0 Å². The van der Waals surface area contributed by atoms with Crippen molar-refractivity contribution >= 4 is 15.7 Å². The van der Waals surface area contributed by atoms with Crippen LogP contribution in [0, 0.1) is 23.7 Å². The third-order valence-corrected chi connectivity index (χ3v) is 6.62. The third-order valence-electron chi connectivity index (χ3n) is 5.21. The number of hydrogen-bond acceptors (Lipinski definition) is 5. The van der Waals surface area contributed by atoms with Crippen LogP contribution in [0.3, 0.4) is 0 Å². The Morgan fingerprint density at radius 1 is 1.25 bits per heavy atom. The summed E-state index contributed by atoms with van der Waals surface area (Å²) in [5.41, 5.74) is 2.72. The number of nitrogen functional groups attached to an aromatic ring is 1. The topological polar surface area (TPSA) is 97.1 Å². The molecule has 20 heavy (non-hydrogen) atoms. The lowest BCUT2D eigenvalue weighted by atomic mass is 10.0. The van der Waals surface area contributed by atoms with Gasteiger partial charge in [0.1, 0.15) is 0 Å². The van der Waals surface area contributed by atoms with Gasteiger partial charge in [0.25, 0.3) is 10.0 Å². The molecule has 0 aliphatic heterocycles. The summed E-state index contributed by atoms with van der Waals surface area (Å²) in [4.78, 5) is 3.96. The van der Waals surface area contributed by atoms with Gasteiger partial charge in [0.15, 0.2) is 5.03 Å². The molecule has 0 amide bonds. The molecule has 1 heterocycles. The number of sulfonamides is 1. The number of anilines is 1. The van der Waals surface area contributed by atoms with Crippen molar-refractivity contribution in [3.05, 3.63) is 18.3 Å². The van der Waals surface area contributed by atoms with Gasteiger partial charge in [-0.25, -0.2) is 18.1 Å². The largest absolute Gasteiger partial charge is 0.321 e. The van der Waals surface area contributed by atoms with Crippen molar-refractivity contribution in [1.29, 1.82) is 0 Å². The fraction of sp³-hybridized carbons (Fsp3) is 0.615. The zero-order valence-corrected chi connectivity index (χ0v) is 11.8. The number of nitrogens with zero attached hydrogens (tertiary/aromatic N) is 1. The molecular weight excluding hydrogens is 276 g/mol. The standard InChI is InChI=1S/C13H18N4O2S/c14-16-9-2-1-5-15-13(9)20(18,19)17-12-10-7-3-4-8(6-7)11(10)12/h1-2,5,7-8,10-12,16-17H,3-4,6,14H2. The molecule has 7 heteroatoms. The molecule has 0 radical (unpaired) electrons. The summed E-state index contributed by atoms with van der Waals surface area (Å²) in [6.07, 6.45) is 5.30. The van der Waals surface area contributed by atoms with E-state index < -0.39 is 10.0 Å². The van der Waals surface area contributed by atoms with Gasteiger partial charge in [-0.1, -0.05) is 0 Å². The summed E-state index contributed by atoms with van der Waals surface area (Å²) in [6, 6.07) is 3.37. The Kier molecular flexibility index (Phi) is 2.61. The average Bonchev–Trinajstić information content (AvgIpc) is 2.85. The van der Waals surface area contributed by atoms with Crippen molar-refractivity contribution in [1.82, 2.24) is 9.71 Å². The minimum Gasteiger partial charge on any atom is -0.321 e. The zero-order chi connectivity index (χ0) is 13.9. The first kappa shape index (κ1) is 12.6. The minimum atomic E-state index is -3.60. The third kappa shape index (κ3) is 1.70. The predicted molar refractivity (Wildman–Crippen MR) is 74.0 cm³/mol. The highest BCUT2D eigenvalue weighted by Gasteiger charge is 2.65. The molecule has 3 aliphatic carbocycles. The molecule has 4 rings (SSSR count). The summed E-state index contributed by atoms with van der Waals surface area (Å²) in [7, 11) is -3.60. The smallest absolute Gasteiger partial charge is 0.260 e. The lowest BCUT2D eigenvalue weighted by molar-refractivity contribution is 0.456. The van der Waals surface area contributed by atoms with E-state index in [9.17, 15) is 8.42 Å². The fourth-order valence-corrected chi connectivity index (χ4v) is 5.83. The monoisotopic (exact) mass is 294 g/mol. The molecule has 1 aromatic rings. The molecule has 4 atom stereocenters. The van der Waals surface area contributed by atoms with Crippen LogP contribution in [0.4, 0.5) is 5.69 Å². The average molecular weight is 294 g/mol. The van der Waals surface area contributed by atoms with Gasteiger partial charge in [-0.05, 0) is 55.1 Å². The quantitative estimate of drug-likeness (QED) is 0.561. The van der Waals surface area contributed by atoms with Crippen LogP contribution in [0.5, 0.6) is 0 Å². The van der Waals surface area contributed by atoms with E-state index in [1.54, 1.807) is 12.1 Å². The molecule has 4 N–H and O–H groups in total. The first-order valence-corrected chi connectivity index (χ1v) is 8.54. The highest BCUT2D eigenvalue weighted by molar-refractivity contribution is 7.89. The van der Waals surface area contributed by atoms with Gasteiger partial charge in [0.2, 0.25) is 0 Å². The first-order chi connectivity index (χ1) is 9.62. The molecule has 3 aliphatic rings. The molecule has 0 saturated heterocycles. The number of fused-ring (bicyclic) bond motifs is 5. The van der Waals surface area contributed by atoms with Crippen molar-refractivity contribution in [2.45, 2.75) is 30.3 Å². The van der Waals surface area contributed by atoms with E-state index in [2.05, 4.69) is 15.1 Å². The lowest BCUT2D eigenvalue weighted by Crippen LogP contribution is -2.31. The predicted octanol–water partition coefficient (Wildman–Crippen LogP) is 0.690. The Morgan fingerprint density at radius 3 is 2.60 bits per heavy atom. The number of nitrogens with one attached hydrogen (secondary N) is 2. The second kappa shape index (κ2) is 4.16. The van der Waals surface area contributed by atoms with Crippen molar-refractivity contribution < 1.29 is 8.42 Å². The van der Waals surface area contributed by atoms with Gasteiger partial charge in [0.05, 0.1) is 5.69 Å². The second-order valence-electron chi connectivity index (χ2n) is 6.14. The maximum Gasteiger partial charge on any atom is 0.260 e. The molecule has 2 bridgehead atoms. The van der Waals surface area contributed by atoms with E-state index in [0.717, 1.165) is 11.8 Å². The summed E-state index contributed by atoms with van der Waals surface area (Å²) in [6.45, 7) is 0. The lowest BCUT2D eigenvalue weighted by Gasteiger charge is -2.12. The Morgan fingerprint density at radius 2 is 1.95 bits per heavy atom. The second-order valence-corrected chi connectivity index (χ2v) is 7.76. The fourth-order valence-electron chi connectivity index (χ4n) is 4.43. The molecule has 3 fully saturated rings. The number of hydrogen-bond donors (Lipinski definition) is 3. The van der Waals surface area contributed by atoms with E-state index in [1.807, 2.05) is 0 Å². The van der Waals surface area contributed by atoms with Crippen molar-refractivity contribution in [2.24, 2.45) is 29.5 Å². The summed E-state index contributed by atoms with van der Waals surface area (Å²) in [5.74, 6) is 7.93. The highest BCUT2D eigenvalue weighted by atomic mass is 32.2. The maximum atomic E-state index is 12.5. The van der Waals surface area contributed by atoms with Crippen molar-refractivity contribution in [3.8, 4) is 0 Å². The highest BCUT2D eigenvalue weighted by Crippen LogP contribution is 2.65. The van der Waals surface area contributed by atoms with E-state index in [1.165, 1.54) is 25.5 Å². The molecular formula is C13H18N4O2S. The van der Waals surface area contributed by atoms with Crippen LogP contribution in [0.1, 0.15) is 19.3 Å². The molecule has 0 aromatic carbocycles. The first-order valence-electron chi connectivity index (χ1n) is 7.06. The number of nitrogens with two attached hydrogens (primary N) is 1. The normalized spacial score (nSPS) is 37.8. The van der Waals surface area contributed by atoms with Crippen LogP contribution in [-0.4, -0.2) is 19.4 Å². The number of pyridine rings is 1. The molecule has 108 valence electrons. The van der Waals surface area contributed by atoms with Gasteiger partial charge < -0.3 is 5.43 Å². The maximum absolute atomic E-state index is 12.5. The van der Waals surface area contributed by atoms with Gasteiger partial charge >= 0.3 is 0 Å². The summed E-state index contributed by atoms with van der Waals surface area (Å²) in [5, 5.41) is -0.0141. The Hall–Kier alpha value is -1.18. The van der Waals surface area contributed by atoms with Crippen LogP contribution >= 0.6 is 0 Å². The van der Waals surface area contributed by atoms with Crippen LogP contribution in [-0.2, 0) is 10.0 Å². The Bertz CT molecular complexity index is 632. The van der Waals surface area contributed by atoms with Gasteiger partial charge in [-0.15, -0.1) is 0 Å². The minimum absolute atomic E-state index is 0.0141. The SMILES string of the molecule is NNc1cccnc1S(=O)(=O)NC1C2C3CCC(C3)C12. The van der Waals surface area contributed by atoms with E-state index in [0.29, 0.717) is 17.5 Å². The van der Waals surface area contributed by atoms with E-state index >= 15 is 0 Å². The Labute approximate surface area is 118 Å². The number of hydrazine groups is 1. The molecule has 3 saturated carbocycles. The van der Waals surface area contributed by atoms with Gasteiger partial charge in [-0.2, -0.15) is 0 Å². The summed E-state index contributed by atoms with van der Waals surface area (Å²) >= 11 is 0. The Balaban J connectivity index is 1.57. The molecule has 1 aromatic heterocycles. The van der Waals surface area contributed by atoms with Gasteiger partial charge in [0, 0.05) is 12.2 Å².